The highest BCUT2D eigenvalue weighted by Crippen LogP contribution is 2.26. The van der Waals surface area contributed by atoms with Crippen LogP contribution in [0.25, 0.3) is 0 Å². The fraction of sp³-hybridized carbons (Fsp3) is 0.556. The Morgan fingerprint density at radius 2 is 2.12 bits per heavy atom. The molecular formula is C18H26FN3O4. The summed E-state index contributed by atoms with van der Waals surface area (Å²) in [4.78, 5) is 26.1. The minimum Gasteiger partial charge on any atom is -0.496 e. The Hall–Kier alpha value is -2.19. The van der Waals surface area contributed by atoms with Gasteiger partial charge in [-0.25, -0.2) is 4.39 Å². The molecule has 0 radical (unpaired) electrons. The van der Waals surface area contributed by atoms with Crippen molar-refractivity contribution in [3.63, 3.8) is 0 Å². The van der Waals surface area contributed by atoms with E-state index in [1.165, 1.54) is 26.4 Å². The average molecular weight is 367 g/mol. The zero-order valence-electron chi connectivity index (χ0n) is 15.4. The van der Waals surface area contributed by atoms with Crippen molar-refractivity contribution in [3.05, 3.63) is 29.6 Å². The fourth-order valence-electron chi connectivity index (χ4n) is 3.24. The molecule has 1 heterocycles. The molecule has 1 aromatic rings. The van der Waals surface area contributed by atoms with Gasteiger partial charge in [0.2, 0.25) is 11.8 Å². The molecule has 2 rings (SSSR count). The van der Waals surface area contributed by atoms with Gasteiger partial charge < -0.3 is 20.1 Å². The smallest absolute Gasteiger partial charge is 0.246 e. The van der Waals surface area contributed by atoms with E-state index in [2.05, 4.69) is 10.6 Å². The summed E-state index contributed by atoms with van der Waals surface area (Å²) in [5.41, 5.74) is 0.658. The van der Waals surface area contributed by atoms with Crippen LogP contribution in [-0.2, 0) is 20.9 Å². The van der Waals surface area contributed by atoms with E-state index in [-0.39, 0.29) is 30.3 Å². The van der Waals surface area contributed by atoms with Gasteiger partial charge in [0, 0.05) is 38.3 Å². The predicted octanol–water partition coefficient (Wildman–Crippen LogP) is 0.676. The number of likely N-dealkylation sites (N-methyl/N-ethyl adjacent to an activating group) is 1. The van der Waals surface area contributed by atoms with Crippen LogP contribution in [0.4, 0.5) is 4.39 Å². The van der Waals surface area contributed by atoms with Crippen molar-refractivity contribution in [2.45, 2.75) is 32.0 Å². The first-order chi connectivity index (χ1) is 12.5. The number of nitrogens with one attached hydrogen (secondary N) is 2. The molecule has 1 aliphatic heterocycles. The predicted molar refractivity (Wildman–Crippen MR) is 94.3 cm³/mol. The summed E-state index contributed by atoms with van der Waals surface area (Å²) < 4.78 is 23.8. The number of halogens is 1. The van der Waals surface area contributed by atoms with E-state index in [1.54, 1.807) is 6.07 Å². The van der Waals surface area contributed by atoms with Gasteiger partial charge in [-0.05, 0) is 31.5 Å². The zero-order valence-corrected chi connectivity index (χ0v) is 15.4. The zero-order chi connectivity index (χ0) is 19.1. The van der Waals surface area contributed by atoms with E-state index in [1.807, 2.05) is 11.8 Å². The van der Waals surface area contributed by atoms with Gasteiger partial charge in [-0.3, -0.25) is 14.5 Å². The first-order valence-corrected chi connectivity index (χ1v) is 8.61. The molecule has 1 aromatic carbocycles. The minimum absolute atomic E-state index is 0.0277. The lowest BCUT2D eigenvalue weighted by Crippen LogP contribution is -2.42. The number of ether oxygens (including phenoxy) is 2. The Kier molecular flexibility index (Phi) is 7.35. The largest absolute Gasteiger partial charge is 0.496 e. The maximum absolute atomic E-state index is 13.6. The van der Waals surface area contributed by atoms with Crippen LogP contribution in [-0.4, -0.2) is 62.7 Å². The Bertz CT molecular complexity index is 641. The molecule has 1 saturated heterocycles. The quantitative estimate of drug-likeness (QED) is 0.706. The Morgan fingerprint density at radius 1 is 1.35 bits per heavy atom. The number of amides is 2. The summed E-state index contributed by atoms with van der Waals surface area (Å²) >= 11 is 0. The molecule has 1 aliphatic rings. The van der Waals surface area contributed by atoms with Crippen molar-refractivity contribution in [3.8, 4) is 5.75 Å². The SMILES string of the molecule is CCNC(=O)[C@@H]1C[C@H](NC(=O)COC)CN1Cc1cc(F)ccc1OC. The molecule has 8 heteroatoms. The molecule has 0 bridgehead atoms. The second-order valence-corrected chi connectivity index (χ2v) is 6.23. The van der Waals surface area contributed by atoms with Crippen LogP contribution in [0.3, 0.4) is 0 Å². The van der Waals surface area contributed by atoms with Gasteiger partial charge in [0.15, 0.2) is 0 Å². The van der Waals surface area contributed by atoms with Crippen molar-refractivity contribution in [2.75, 3.05) is 33.9 Å². The number of carbonyl (C=O) groups is 2. The highest BCUT2D eigenvalue weighted by atomic mass is 19.1. The molecule has 144 valence electrons. The summed E-state index contributed by atoms with van der Waals surface area (Å²) in [6.07, 6.45) is 0.485. The van der Waals surface area contributed by atoms with Crippen LogP contribution in [0.5, 0.6) is 5.75 Å². The summed E-state index contributed by atoms with van der Waals surface area (Å²) in [6.45, 7) is 3.17. The number of rotatable bonds is 8. The lowest BCUT2D eigenvalue weighted by molar-refractivity contribution is -0.126. The third-order valence-corrected chi connectivity index (χ3v) is 4.31. The van der Waals surface area contributed by atoms with Crippen molar-refractivity contribution < 1.29 is 23.5 Å². The highest BCUT2D eigenvalue weighted by Gasteiger charge is 2.37. The second-order valence-electron chi connectivity index (χ2n) is 6.23. The highest BCUT2D eigenvalue weighted by molar-refractivity contribution is 5.82. The number of methoxy groups -OCH3 is 2. The van der Waals surface area contributed by atoms with Crippen molar-refractivity contribution in [1.29, 1.82) is 0 Å². The van der Waals surface area contributed by atoms with Crippen LogP contribution in [0, 0.1) is 5.82 Å². The topological polar surface area (TPSA) is 79.9 Å². The molecule has 2 N–H and O–H groups in total. The number of hydrogen-bond acceptors (Lipinski definition) is 5. The summed E-state index contributed by atoms with van der Waals surface area (Å²) in [5.74, 6) is -0.129. The minimum atomic E-state index is -0.407. The van der Waals surface area contributed by atoms with E-state index in [0.29, 0.717) is 37.4 Å². The first kappa shape index (κ1) is 20.1. The Morgan fingerprint density at radius 3 is 2.77 bits per heavy atom. The third-order valence-electron chi connectivity index (χ3n) is 4.31. The van der Waals surface area contributed by atoms with E-state index in [9.17, 15) is 14.0 Å². The average Bonchev–Trinajstić information content (AvgIpc) is 2.98. The normalized spacial score (nSPS) is 20.0. The van der Waals surface area contributed by atoms with Crippen LogP contribution in [0.15, 0.2) is 18.2 Å². The lowest BCUT2D eigenvalue weighted by Gasteiger charge is -2.24. The van der Waals surface area contributed by atoms with E-state index in [4.69, 9.17) is 9.47 Å². The Labute approximate surface area is 152 Å². The fourth-order valence-corrected chi connectivity index (χ4v) is 3.24. The molecule has 2 amide bonds. The van der Waals surface area contributed by atoms with Crippen LogP contribution in [0.2, 0.25) is 0 Å². The van der Waals surface area contributed by atoms with Crippen LogP contribution in [0.1, 0.15) is 18.9 Å². The molecule has 0 unspecified atom stereocenters. The molecule has 0 saturated carbocycles. The summed E-state index contributed by atoms with van der Waals surface area (Å²) in [6, 6.07) is 3.73. The number of carbonyl (C=O) groups excluding carboxylic acids is 2. The maximum atomic E-state index is 13.6. The van der Waals surface area contributed by atoms with Gasteiger partial charge in [0.1, 0.15) is 18.2 Å². The van der Waals surface area contributed by atoms with Crippen molar-refractivity contribution in [2.24, 2.45) is 0 Å². The van der Waals surface area contributed by atoms with E-state index in [0.717, 1.165) is 0 Å². The molecule has 0 spiro atoms. The van der Waals surface area contributed by atoms with Crippen LogP contribution >= 0.6 is 0 Å². The van der Waals surface area contributed by atoms with Gasteiger partial charge in [0.05, 0.1) is 13.2 Å². The van der Waals surface area contributed by atoms with Crippen LogP contribution < -0.4 is 15.4 Å². The molecule has 1 fully saturated rings. The molecule has 26 heavy (non-hydrogen) atoms. The van der Waals surface area contributed by atoms with Gasteiger partial charge in [0.25, 0.3) is 0 Å². The van der Waals surface area contributed by atoms with Gasteiger partial charge in [-0.2, -0.15) is 0 Å². The number of nitrogens with zero attached hydrogens (tertiary/aromatic N) is 1. The van der Waals surface area contributed by atoms with Crippen molar-refractivity contribution in [1.82, 2.24) is 15.5 Å². The Balaban J connectivity index is 2.15. The summed E-state index contributed by atoms with van der Waals surface area (Å²) in [5, 5.41) is 5.69. The van der Waals surface area contributed by atoms with E-state index >= 15 is 0 Å². The molecule has 0 aromatic heterocycles. The van der Waals surface area contributed by atoms with Gasteiger partial charge in [-0.15, -0.1) is 0 Å². The first-order valence-electron chi connectivity index (χ1n) is 8.61. The van der Waals surface area contributed by atoms with Gasteiger partial charge >= 0.3 is 0 Å². The monoisotopic (exact) mass is 367 g/mol. The standard InChI is InChI=1S/C18H26FN3O4/c1-4-20-18(24)15-8-14(21-17(23)11-25-2)10-22(15)9-12-7-13(19)5-6-16(12)26-3/h5-7,14-15H,4,8-11H2,1-3H3,(H,20,24)(H,21,23)/t14-,15-/m0/s1. The summed E-state index contributed by atoms with van der Waals surface area (Å²) in [7, 11) is 2.98. The van der Waals surface area contributed by atoms with E-state index < -0.39 is 6.04 Å². The maximum Gasteiger partial charge on any atom is 0.246 e. The third kappa shape index (κ3) is 5.15. The number of likely N-dealkylation sites (tertiary alicyclic amines) is 1. The number of hydrogen-bond donors (Lipinski definition) is 2. The van der Waals surface area contributed by atoms with Crippen molar-refractivity contribution >= 4 is 11.8 Å². The second kappa shape index (κ2) is 9.49. The molecule has 2 atom stereocenters. The van der Waals surface area contributed by atoms with Gasteiger partial charge in [-0.1, -0.05) is 0 Å². The number of benzene rings is 1. The molecule has 7 nitrogen and oxygen atoms in total. The molecule has 0 aliphatic carbocycles. The lowest BCUT2D eigenvalue weighted by atomic mass is 10.1. The molecular weight excluding hydrogens is 341 g/mol.